The molecular weight excluding hydrogens is 403 g/mol. The first kappa shape index (κ1) is 21.4. The Kier molecular flexibility index (Phi) is 4.24. The lowest BCUT2D eigenvalue weighted by Crippen LogP contribution is -2.70. The zero-order valence-corrected chi connectivity index (χ0v) is 18.5. The van der Waals surface area contributed by atoms with E-state index in [1.807, 2.05) is 6.92 Å². The van der Waals surface area contributed by atoms with Crippen LogP contribution < -0.4 is 0 Å². The van der Waals surface area contributed by atoms with E-state index in [-0.39, 0.29) is 18.1 Å². The van der Waals surface area contributed by atoms with Crippen molar-refractivity contribution in [1.82, 2.24) is 0 Å². The number of ether oxygens (including phenoxy) is 2. The Morgan fingerprint density at radius 2 is 1.97 bits per heavy atom. The number of aliphatic hydroxyl groups is 2. The second kappa shape index (κ2) is 6.13. The summed E-state index contributed by atoms with van der Waals surface area (Å²) in [5.41, 5.74) is -4.66. The molecule has 0 aromatic carbocycles. The summed E-state index contributed by atoms with van der Waals surface area (Å²) < 4.78 is 29.5. The van der Waals surface area contributed by atoms with Gasteiger partial charge < -0.3 is 19.7 Å². The van der Waals surface area contributed by atoms with E-state index in [1.54, 1.807) is 26.8 Å². The summed E-state index contributed by atoms with van der Waals surface area (Å²) in [5.74, 6) is -2.46. The van der Waals surface area contributed by atoms with E-state index in [4.69, 9.17) is 9.47 Å². The summed E-state index contributed by atoms with van der Waals surface area (Å²) in [6.45, 7) is 6.41. The molecule has 4 fully saturated rings. The van der Waals surface area contributed by atoms with Crippen LogP contribution in [0, 0.1) is 22.7 Å². The van der Waals surface area contributed by atoms with E-state index in [0.717, 1.165) is 5.57 Å². The number of fused-ring (bicyclic) bond motifs is 7. The minimum Gasteiger partial charge on any atom is -0.390 e. The van der Waals surface area contributed by atoms with Crippen LogP contribution in [0.4, 0.5) is 4.39 Å². The summed E-state index contributed by atoms with van der Waals surface area (Å²) in [7, 11) is 0. The molecule has 5 aliphatic rings. The Bertz CT molecular complexity index is 925. The highest BCUT2D eigenvalue weighted by molar-refractivity contribution is 6.01. The number of halogens is 1. The van der Waals surface area contributed by atoms with Crippen molar-refractivity contribution in [3.05, 3.63) is 23.8 Å². The number of alkyl halides is 1. The van der Waals surface area contributed by atoms with E-state index in [1.165, 1.54) is 12.2 Å². The molecule has 0 radical (unpaired) electrons. The molecule has 3 saturated carbocycles. The van der Waals surface area contributed by atoms with Gasteiger partial charge in [0.05, 0.1) is 12.2 Å². The summed E-state index contributed by atoms with van der Waals surface area (Å²) >= 11 is 0. The van der Waals surface area contributed by atoms with Gasteiger partial charge in [0.25, 0.3) is 0 Å². The lowest BCUT2D eigenvalue weighted by Gasteiger charge is -2.62. The molecule has 1 heterocycles. The molecule has 4 aliphatic carbocycles. The molecule has 0 bridgehead atoms. The summed E-state index contributed by atoms with van der Waals surface area (Å²) in [6.07, 6.45) is 4.00. The minimum atomic E-state index is -1.98. The summed E-state index contributed by atoms with van der Waals surface area (Å²) in [4.78, 5) is 25.1. The first-order valence-corrected chi connectivity index (χ1v) is 11.2. The highest BCUT2D eigenvalue weighted by Crippen LogP contribution is 2.72. The van der Waals surface area contributed by atoms with Gasteiger partial charge in [-0.25, -0.2) is 4.39 Å². The molecule has 0 amide bonds. The first-order chi connectivity index (χ1) is 14.4. The van der Waals surface area contributed by atoms with Crippen molar-refractivity contribution in [3.63, 3.8) is 0 Å². The van der Waals surface area contributed by atoms with E-state index in [0.29, 0.717) is 19.3 Å². The largest absolute Gasteiger partial charge is 0.390 e. The lowest BCUT2D eigenvalue weighted by molar-refractivity contribution is -0.246. The fourth-order valence-electron chi connectivity index (χ4n) is 7.93. The second-order valence-electron chi connectivity index (χ2n) is 10.9. The Balaban J connectivity index is 1.64. The number of Topliss-reactive ketones (excluding diaryl/α,β-unsaturated/α-hetero) is 1. The van der Waals surface area contributed by atoms with Crippen LogP contribution in [0.5, 0.6) is 0 Å². The summed E-state index contributed by atoms with van der Waals surface area (Å²) in [6, 6.07) is 0. The van der Waals surface area contributed by atoms with Gasteiger partial charge in [-0.15, -0.1) is 0 Å². The molecule has 2 N–H and O–H groups in total. The molecule has 6 nitrogen and oxygen atoms in total. The van der Waals surface area contributed by atoms with Crippen LogP contribution in [0.2, 0.25) is 0 Å². The fraction of sp³-hybridized carbons (Fsp3) is 0.750. The Hall–Kier alpha value is -1.41. The zero-order valence-electron chi connectivity index (χ0n) is 18.5. The molecule has 0 aromatic heterocycles. The van der Waals surface area contributed by atoms with Crippen molar-refractivity contribution in [1.29, 1.82) is 0 Å². The lowest BCUT2D eigenvalue weighted by atomic mass is 9.44. The number of ketones is 2. The summed E-state index contributed by atoms with van der Waals surface area (Å²) in [5, 5.41) is 21.2. The van der Waals surface area contributed by atoms with Gasteiger partial charge in [0, 0.05) is 16.7 Å². The van der Waals surface area contributed by atoms with Gasteiger partial charge in [-0.3, -0.25) is 9.59 Å². The maximum Gasteiger partial charge on any atom is 0.193 e. The average Bonchev–Trinajstić information content (AvgIpc) is 3.09. The SMILES string of the molecule is CC1(C)O[C@@H]2C[C@H]3[C@@H]4CCC5=CC(=O)C=C[C@]5(C)[C@@]4(F)[C@H](O)C[C@]3(C)[C@]2(C(=O)CO)O1. The number of allylic oxidation sites excluding steroid dienone is 4. The third-order valence-electron chi connectivity index (χ3n) is 9.19. The Morgan fingerprint density at radius 3 is 2.65 bits per heavy atom. The van der Waals surface area contributed by atoms with Gasteiger partial charge in [-0.1, -0.05) is 18.6 Å². The number of carbonyl (C=O) groups excluding carboxylic acids is 2. The third kappa shape index (κ3) is 2.31. The maximum atomic E-state index is 17.1. The molecule has 1 saturated heterocycles. The molecule has 5 rings (SSSR count). The van der Waals surface area contributed by atoms with E-state index >= 15 is 4.39 Å². The van der Waals surface area contributed by atoms with Gasteiger partial charge in [0.1, 0.15) is 6.61 Å². The number of hydrogen-bond donors (Lipinski definition) is 2. The predicted octanol–water partition coefficient (Wildman–Crippen LogP) is 2.42. The van der Waals surface area contributed by atoms with Gasteiger partial charge in [0.2, 0.25) is 0 Å². The second-order valence-corrected chi connectivity index (χ2v) is 10.9. The Labute approximate surface area is 181 Å². The van der Waals surface area contributed by atoms with Gasteiger partial charge in [0.15, 0.2) is 28.6 Å². The molecule has 0 aromatic rings. The van der Waals surface area contributed by atoms with Gasteiger partial charge >= 0.3 is 0 Å². The zero-order chi connectivity index (χ0) is 22.6. The minimum absolute atomic E-state index is 0.0109. The average molecular weight is 435 g/mol. The van der Waals surface area contributed by atoms with Crippen LogP contribution in [-0.2, 0) is 19.1 Å². The Morgan fingerprint density at radius 1 is 1.26 bits per heavy atom. The highest BCUT2D eigenvalue weighted by Gasteiger charge is 2.79. The highest BCUT2D eigenvalue weighted by atomic mass is 19.1. The predicted molar refractivity (Wildman–Crippen MR) is 109 cm³/mol. The number of carbonyl (C=O) groups is 2. The molecule has 0 spiro atoms. The third-order valence-corrected chi connectivity index (χ3v) is 9.19. The van der Waals surface area contributed by atoms with Gasteiger partial charge in [-0.05, 0) is 64.5 Å². The molecule has 170 valence electrons. The van der Waals surface area contributed by atoms with Crippen LogP contribution in [0.25, 0.3) is 0 Å². The van der Waals surface area contributed by atoms with Crippen molar-refractivity contribution >= 4 is 11.6 Å². The number of rotatable bonds is 2. The first-order valence-electron chi connectivity index (χ1n) is 11.2. The van der Waals surface area contributed by atoms with E-state index < -0.39 is 58.4 Å². The quantitative estimate of drug-likeness (QED) is 0.694. The van der Waals surface area contributed by atoms with E-state index in [9.17, 15) is 19.8 Å². The van der Waals surface area contributed by atoms with Crippen LogP contribution in [-0.4, -0.2) is 57.7 Å². The maximum absolute atomic E-state index is 17.1. The molecule has 31 heavy (non-hydrogen) atoms. The molecular formula is C24H31FO6. The monoisotopic (exact) mass is 434 g/mol. The fourth-order valence-corrected chi connectivity index (χ4v) is 7.93. The van der Waals surface area contributed by atoms with E-state index in [2.05, 4.69) is 0 Å². The topological polar surface area (TPSA) is 93.1 Å². The van der Waals surface area contributed by atoms with Crippen molar-refractivity contribution in [2.24, 2.45) is 22.7 Å². The molecule has 7 heteroatoms. The number of aliphatic hydroxyl groups excluding tert-OH is 2. The number of hydrogen-bond acceptors (Lipinski definition) is 6. The van der Waals surface area contributed by atoms with Crippen molar-refractivity contribution < 1.29 is 33.7 Å². The molecule has 0 unspecified atom stereocenters. The van der Waals surface area contributed by atoms with Crippen LogP contribution in [0.3, 0.4) is 0 Å². The standard InChI is InChI=1S/C24H31FO6/c1-20(2)30-19-10-16-15-6-5-13-9-14(27)7-8-21(13,3)23(15,25)17(28)11-22(16,4)24(19,31-20)18(29)12-26/h7-9,15-17,19,26,28H,5-6,10-12H2,1-4H3/t15-,16-,17+,19+,21-,22-,23-,24+/m0/s1. The smallest absolute Gasteiger partial charge is 0.193 e. The van der Waals surface area contributed by atoms with Gasteiger partial charge in [-0.2, -0.15) is 0 Å². The van der Waals surface area contributed by atoms with Crippen molar-refractivity contribution in [2.45, 2.75) is 82.6 Å². The normalized spacial score (nSPS) is 52.1. The van der Waals surface area contributed by atoms with Crippen molar-refractivity contribution in [3.8, 4) is 0 Å². The molecule has 1 aliphatic heterocycles. The van der Waals surface area contributed by atoms with Crippen LogP contribution in [0.1, 0.15) is 53.4 Å². The molecule has 8 atom stereocenters. The van der Waals surface area contributed by atoms with Crippen LogP contribution >= 0.6 is 0 Å². The van der Waals surface area contributed by atoms with Crippen LogP contribution in [0.15, 0.2) is 23.8 Å². The van der Waals surface area contributed by atoms with Crippen molar-refractivity contribution in [2.75, 3.05) is 6.61 Å².